The van der Waals surface area contributed by atoms with Crippen LogP contribution in [0, 0.1) is 0 Å². The number of fused-ring (bicyclic) bond motifs is 3. The van der Waals surface area contributed by atoms with Gasteiger partial charge in [0.25, 0.3) is 0 Å². The van der Waals surface area contributed by atoms with Crippen molar-refractivity contribution in [2.45, 2.75) is 0 Å². The number of furan rings is 1. The van der Waals surface area contributed by atoms with Gasteiger partial charge in [-0.3, -0.25) is 4.99 Å². The Bertz CT molecular complexity index is 1080. The summed E-state index contributed by atoms with van der Waals surface area (Å²) in [5.74, 6) is 0.124. The van der Waals surface area contributed by atoms with Gasteiger partial charge < -0.3 is 9.52 Å². The number of hydrogen-bond donors (Lipinski definition) is 1. The van der Waals surface area contributed by atoms with E-state index >= 15 is 0 Å². The highest BCUT2D eigenvalue weighted by Crippen LogP contribution is 2.37. The Labute approximate surface area is 154 Å². The third-order valence-electron chi connectivity index (χ3n) is 3.71. The number of nitrogens with zero attached hydrogens (tertiary/aromatic N) is 1. The Balaban J connectivity index is 1.80. The zero-order chi connectivity index (χ0) is 16.7. The summed E-state index contributed by atoms with van der Waals surface area (Å²) in [7, 11) is 0. The van der Waals surface area contributed by atoms with Crippen LogP contribution in [0.4, 0.5) is 5.69 Å². The highest BCUT2D eigenvalue weighted by atomic mass is 79.9. The predicted octanol–water partition coefficient (Wildman–Crippen LogP) is 6.57. The van der Waals surface area contributed by atoms with Crippen molar-refractivity contribution in [2.24, 2.45) is 4.99 Å². The highest BCUT2D eigenvalue weighted by molar-refractivity contribution is 9.11. The Kier molecular flexibility index (Phi) is 3.90. The lowest BCUT2D eigenvalue weighted by Gasteiger charge is -2.00. The minimum absolute atomic E-state index is 0.124. The molecular weight excluding hydrogens is 434 g/mol. The molecule has 0 aliphatic carbocycles. The molecule has 3 nitrogen and oxygen atoms in total. The molecule has 0 fully saturated rings. The van der Waals surface area contributed by atoms with Crippen LogP contribution in [0.5, 0.6) is 5.75 Å². The molecule has 0 saturated carbocycles. The first-order chi connectivity index (χ1) is 11.6. The van der Waals surface area contributed by atoms with Gasteiger partial charge in [0.05, 0.1) is 0 Å². The number of para-hydroxylation sites is 1. The molecule has 1 N–H and O–H groups in total. The van der Waals surface area contributed by atoms with Gasteiger partial charge in [-0.05, 0) is 35.9 Å². The van der Waals surface area contributed by atoms with Gasteiger partial charge in [0.1, 0.15) is 22.6 Å². The quantitative estimate of drug-likeness (QED) is 0.355. The van der Waals surface area contributed by atoms with Gasteiger partial charge in [0.15, 0.2) is 0 Å². The highest BCUT2D eigenvalue weighted by Gasteiger charge is 2.10. The summed E-state index contributed by atoms with van der Waals surface area (Å²) in [6.45, 7) is 0. The van der Waals surface area contributed by atoms with Crippen molar-refractivity contribution >= 4 is 65.7 Å². The smallest absolute Gasteiger partial charge is 0.142 e. The minimum Gasteiger partial charge on any atom is -0.506 e. The van der Waals surface area contributed by atoms with E-state index in [9.17, 15) is 5.11 Å². The van der Waals surface area contributed by atoms with Crippen LogP contribution in [0.25, 0.3) is 21.9 Å². The van der Waals surface area contributed by atoms with Crippen LogP contribution in [0.2, 0.25) is 0 Å². The number of benzene rings is 3. The molecule has 0 saturated heterocycles. The van der Waals surface area contributed by atoms with Crippen LogP contribution in [0.15, 0.2) is 73.0 Å². The van der Waals surface area contributed by atoms with E-state index < -0.39 is 0 Å². The van der Waals surface area contributed by atoms with Crippen molar-refractivity contribution in [3.05, 3.63) is 69.1 Å². The van der Waals surface area contributed by atoms with Gasteiger partial charge >= 0.3 is 0 Å². The van der Waals surface area contributed by atoms with E-state index in [1.54, 1.807) is 18.3 Å². The molecule has 1 aromatic heterocycles. The summed E-state index contributed by atoms with van der Waals surface area (Å²) in [6.07, 6.45) is 1.71. The molecule has 4 rings (SSSR count). The number of halogens is 2. The largest absolute Gasteiger partial charge is 0.506 e. The Morgan fingerprint density at radius 1 is 0.875 bits per heavy atom. The number of phenolic OH excluding ortho intramolecular Hbond substituents is 1. The minimum atomic E-state index is 0.124. The summed E-state index contributed by atoms with van der Waals surface area (Å²) in [4.78, 5) is 4.40. The molecule has 0 radical (unpaired) electrons. The van der Waals surface area contributed by atoms with E-state index in [1.807, 2.05) is 42.5 Å². The van der Waals surface area contributed by atoms with E-state index in [1.165, 1.54) is 0 Å². The van der Waals surface area contributed by atoms with Crippen molar-refractivity contribution in [2.75, 3.05) is 0 Å². The maximum absolute atomic E-state index is 10.3. The van der Waals surface area contributed by atoms with Gasteiger partial charge in [-0.25, -0.2) is 0 Å². The fourth-order valence-corrected chi connectivity index (χ4v) is 3.98. The molecule has 0 aliphatic heterocycles. The summed E-state index contributed by atoms with van der Waals surface area (Å²) >= 11 is 6.90. The lowest BCUT2D eigenvalue weighted by molar-refractivity contribution is 0.477. The zero-order valence-corrected chi connectivity index (χ0v) is 15.5. The maximum Gasteiger partial charge on any atom is 0.142 e. The van der Waals surface area contributed by atoms with Crippen LogP contribution in [-0.2, 0) is 0 Å². The van der Waals surface area contributed by atoms with Crippen molar-refractivity contribution < 1.29 is 9.52 Å². The normalized spacial score (nSPS) is 11.8. The summed E-state index contributed by atoms with van der Waals surface area (Å²) in [5.41, 5.74) is 2.89. The van der Waals surface area contributed by atoms with Gasteiger partial charge in [-0.15, -0.1) is 0 Å². The second-order valence-electron chi connectivity index (χ2n) is 5.40. The van der Waals surface area contributed by atoms with Crippen molar-refractivity contribution in [1.82, 2.24) is 0 Å². The summed E-state index contributed by atoms with van der Waals surface area (Å²) < 4.78 is 7.75. The Morgan fingerprint density at radius 3 is 2.42 bits per heavy atom. The van der Waals surface area contributed by atoms with Crippen LogP contribution < -0.4 is 0 Å². The molecule has 0 aliphatic rings. The van der Waals surface area contributed by atoms with Gasteiger partial charge in [0.2, 0.25) is 0 Å². The molecule has 118 valence electrons. The SMILES string of the molecule is Oc1cc2c(cc1/N=C/c1cc(Br)cc(Br)c1)oc1ccccc12. The Morgan fingerprint density at radius 2 is 1.62 bits per heavy atom. The van der Waals surface area contributed by atoms with E-state index in [2.05, 4.69) is 36.9 Å². The van der Waals surface area contributed by atoms with Crippen LogP contribution in [-0.4, -0.2) is 11.3 Å². The topological polar surface area (TPSA) is 45.7 Å². The molecule has 0 bridgehead atoms. The summed E-state index contributed by atoms with van der Waals surface area (Å²) in [6, 6.07) is 17.1. The molecule has 4 aromatic rings. The molecule has 3 aromatic carbocycles. The van der Waals surface area contributed by atoms with Crippen molar-refractivity contribution in [1.29, 1.82) is 0 Å². The monoisotopic (exact) mass is 443 g/mol. The number of aromatic hydroxyl groups is 1. The second-order valence-corrected chi connectivity index (χ2v) is 7.23. The van der Waals surface area contributed by atoms with E-state index in [-0.39, 0.29) is 5.75 Å². The van der Waals surface area contributed by atoms with Gasteiger partial charge in [0, 0.05) is 32.0 Å². The number of rotatable bonds is 2. The van der Waals surface area contributed by atoms with Crippen LogP contribution in [0.3, 0.4) is 0 Å². The van der Waals surface area contributed by atoms with Gasteiger partial charge in [-0.2, -0.15) is 0 Å². The van der Waals surface area contributed by atoms with Gasteiger partial charge in [-0.1, -0.05) is 50.1 Å². The molecule has 5 heteroatoms. The van der Waals surface area contributed by atoms with Crippen LogP contribution in [0.1, 0.15) is 5.56 Å². The summed E-state index contributed by atoms with van der Waals surface area (Å²) in [5, 5.41) is 12.2. The average Bonchev–Trinajstić information content (AvgIpc) is 2.89. The van der Waals surface area contributed by atoms with Crippen molar-refractivity contribution in [3.63, 3.8) is 0 Å². The average molecular weight is 445 g/mol. The lowest BCUT2D eigenvalue weighted by atomic mass is 10.1. The van der Waals surface area contributed by atoms with Crippen LogP contribution >= 0.6 is 31.9 Å². The Hall–Kier alpha value is -2.11. The number of aliphatic imine (C=N–C) groups is 1. The second kappa shape index (κ2) is 6.07. The molecule has 0 amide bonds. The fourth-order valence-electron chi connectivity index (χ4n) is 2.65. The van der Waals surface area contributed by atoms with Crippen molar-refractivity contribution in [3.8, 4) is 5.75 Å². The number of hydrogen-bond acceptors (Lipinski definition) is 3. The number of phenols is 1. The lowest BCUT2D eigenvalue weighted by Crippen LogP contribution is -1.81. The third-order valence-corrected chi connectivity index (χ3v) is 4.63. The molecule has 0 unspecified atom stereocenters. The predicted molar refractivity (Wildman–Crippen MR) is 104 cm³/mol. The standard InChI is InChI=1S/C19H11Br2NO2/c20-12-5-11(6-13(21)7-12)10-22-16-9-19-15(8-17(16)23)14-3-1-2-4-18(14)24-19/h1-10,23H/b22-10+. The molecule has 0 spiro atoms. The van der Waals surface area contributed by atoms with E-state index in [4.69, 9.17) is 4.42 Å². The first-order valence-electron chi connectivity index (χ1n) is 7.24. The third kappa shape index (κ3) is 2.85. The fraction of sp³-hybridized carbons (Fsp3) is 0. The molecular formula is C19H11Br2NO2. The first-order valence-corrected chi connectivity index (χ1v) is 8.83. The molecule has 0 atom stereocenters. The first kappa shape index (κ1) is 15.4. The maximum atomic E-state index is 10.3. The molecule has 1 heterocycles. The molecule has 24 heavy (non-hydrogen) atoms. The van der Waals surface area contributed by atoms with E-state index in [0.29, 0.717) is 11.3 Å². The van der Waals surface area contributed by atoms with E-state index in [0.717, 1.165) is 30.9 Å². The zero-order valence-electron chi connectivity index (χ0n) is 12.3.